The van der Waals surface area contributed by atoms with Gasteiger partial charge in [-0.1, -0.05) is 55.5 Å². The molecule has 0 bridgehead atoms. The minimum Gasteiger partial charge on any atom is -0.267 e. The summed E-state index contributed by atoms with van der Waals surface area (Å²) in [6.45, 7) is 2.06. The Hall–Kier alpha value is -3.01. The van der Waals surface area contributed by atoms with Gasteiger partial charge < -0.3 is 0 Å². The molecular formula is C23H23N3O. The number of nitrogens with one attached hydrogen (secondary N) is 1. The summed E-state index contributed by atoms with van der Waals surface area (Å²) in [5, 5.41) is 5.28. The first-order valence-electron chi connectivity index (χ1n) is 9.54. The van der Waals surface area contributed by atoms with Gasteiger partial charge in [0.05, 0.1) is 11.1 Å². The fourth-order valence-electron chi connectivity index (χ4n) is 3.24. The highest BCUT2D eigenvalue weighted by atomic mass is 16.2. The second-order valence-corrected chi connectivity index (χ2v) is 7.02. The molecule has 136 valence electrons. The molecule has 3 aromatic rings. The Balaban J connectivity index is 1.58. The number of hydrogen-bond acceptors (Lipinski definition) is 3. The minimum absolute atomic E-state index is 0.172. The molecule has 1 N–H and O–H groups in total. The molecule has 0 spiro atoms. The maximum atomic E-state index is 12.9. The Morgan fingerprint density at radius 1 is 1.11 bits per heavy atom. The summed E-state index contributed by atoms with van der Waals surface area (Å²) >= 11 is 0. The van der Waals surface area contributed by atoms with Crippen LogP contribution in [-0.4, -0.2) is 16.6 Å². The van der Waals surface area contributed by atoms with Crippen LogP contribution in [0, 0.1) is 0 Å². The molecule has 1 heterocycles. The maximum absolute atomic E-state index is 12.9. The SMILES string of the molecule is CCC(Cc1ccccc1)=NNC(=O)c1cc(C2CC2)nc2ccccc12. The molecule has 4 rings (SSSR count). The van der Waals surface area contributed by atoms with Gasteiger partial charge in [0.1, 0.15) is 0 Å². The van der Waals surface area contributed by atoms with E-state index in [1.165, 1.54) is 5.56 Å². The van der Waals surface area contributed by atoms with E-state index in [2.05, 4.69) is 29.6 Å². The highest BCUT2D eigenvalue weighted by Gasteiger charge is 2.26. The summed E-state index contributed by atoms with van der Waals surface area (Å²) in [6.07, 6.45) is 3.84. The van der Waals surface area contributed by atoms with Gasteiger partial charge in [-0.3, -0.25) is 9.78 Å². The van der Waals surface area contributed by atoms with Crippen molar-refractivity contribution in [3.8, 4) is 0 Å². The zero-order valence-corrected chi connectivity index (χ0v) is 15.5. The van der Waals surface area contributed by atoms with Crippen LogP contribution in [0.25, 0.3) is 10.9 Å². The molecule has 1 amide bonds. The van der Waals surface area contributed by atoms with E-state index < -0.39 is 0 Å². The number of fused-ring (bicyclic) bond motifs is 1. The van der Waals surface area contributed by atoms with Gasteiger partial charge in [-0.05, 0) is 37.0 Å². The number of hydrogen-bond donors (Lipinski definition) is 1. The lowest BCUT2D eigenvalue weighted by Gasteiger charge is -2.09. The zero-order chi connectivity index (χ0) is 18.6. The predicted molar refractivity (Wildman–Crippen MR) is 109 cm³/mol. The number of rotatable bonds is 6. The molecule has 1 aromatic heterocycles. The largest absolute Gasteiger partial charge is 0.272 e. The van der Waals surface area contributed by atoms with E-state index >= 15 is 0 Å². The maximum Gasteiger partial charge on any atom is 0.272 e. The summed E-state index contributed by atoms with van der Waals surface area (Å²) in [7, 11) is 0. The van der Waals surface area contributed by atoms with Gasteiger partial charge in [0.15, 0.2) is 0 Å². The van der Waals surface area contributed by atoms with Crippen LogP contribution in [0.4, 0.5) is 0 Å². The van der Waals surface area contributed by atoms with Crippen molar-refractivity contribution in [1.82, 2.24) is 10.4 Å². The molecule has 1 aliphatic carbocycles. The first-order chi connectivity index (χ1) is 13.2. The quantitative estimate of drug-likeness (QED) is 0.506. The highest BCUT2D eigenvalue weighted by Crippen LogP contribution is 2.40. The van der Waals surface area contributed by atoms with E-state index in [0.717, 1.165) is 48.0 Å². The number of para-hydroxylation sites is 1. The summed E-state index contributed by atoms with van der Waals surface area (Å²) < 4.78 is 0. The van der Waals surface area contributed by atoms with Crippen molar-refractivity contribution in [3.63, 3.8) is 0 Å². The molecule has 27 heavy (non-hydrogen) atoms. The molecular weight excluding hydrogens is 334 g/mol. The average molecular weight is 357 g/mol. The van der Waals surface area contributed by atoms with Gasteiger partial charge in [0.2, 0.25) is 0 Å². The lowest BCUT2D eigenvalue weighted by molar-refractivity contribution is 0.0956. The van der Waals surface area contributed by atoms with E-state index in [-0.39, 0.29) is 5.91 Å². The molecule has 1 aliphatic rings. The Morgan fingerprint density at radius 3 is 2.59 bits per heavy atom. The van der Waals surface area contributed by atoms with Crippen LogP contribution in [0.1, 0.15) is 53.7 Å². The van der Waals surface area contributed by atoms with E-state index in [1.54, 1.807) is 0 Å². The van der Waals surface area contributed by atoms with Gasteiger partial charge in [-0.25, -0.2) is 5.43 Å². The molecule has 4 nitrogen and oxygen atoms in total. The minimum atomic E-state index is -0.172. The number of pyridine rings is 1. The number of amides is 1. The first-order valence-corrected chi connectivity index (χ1v) is 9.54. The number of aromatic nitrogens is 1. The van der Waals surface area contributed by atoms with Crippen LogP contribution in [-0.2, 0) is 6.42 Å². The predicted octanol–water partition coefficient (Wildman–Crippen LogP) is 4.85. The fourth-order valence-corrected chi connectivity index (χ4v) is 3.24. The van der Waals surface area contributed by atoms with Crippen molar-refractivity contribution in [2.75, 3.05) is 0 Å². The first kappa shape index (κ1) is 17.4. The molecule has 0 atom stereocenters. The van der Waals surface area contributed by atoms with Crippen molar-refractivity contribution in [3.05, 3.63) is 77.5 Å². The lowest BCUT2D eigenvalue weighted by atomic mass is 10.1. The zero-order valence-electron chi connectivity index (χ0n) is 15.5. The Kier molecular flexibility index (Phi) is 4.97. The number of carbonyl (C=O) groups excluding carboxylic acids is 1. The average Bonchev–Trinajstić information content (AvgIpc) is 3.56. The molecule has 0 radical (unpaired) electrons. The third-order valence-corrected chi connectivity index (χ3v) is 4.95. The van der Waals surface area contributed by atoms with Crippen molar-refractivity contribution in [1.29, 1.82) is 0 Å². The number of nitrogens with zero attached hydrogens (tertiary/aromatic N) is 2. The van der Waals surface area contributed by atoms with Gasteiger partial charge in [0, 0.05) is 29.1 Å². The molecule has 1 saturated carbocycles. The lowest BCUT2D eigenvalue weighted by Crippen LogP contribution is -2.21. The van der Waals surface area contributed by atoms with E-state index in [9.17, 15) is 4.79 Å². The van der Waals surface area contributed by atoms with Crippen LogP contribution in [0.3, 0.4) is 0 Å². The summed E-state index contributed by atoms with van der Waals surface area (Å²) in [6, 6.07) is 19.9. The Labute approximate surface area is 159 Å². The number of benzene rings is 2. The molecule has 0 aliphatic heterocycles. The fraction of sp³-hybridized carbons (Fsp3) is 0.261. The van der Waals surface area contributed by atoms with Gasteiger partial charge >= 0.3 is 0 Å². The van der Waals surface area contributed by atoms with E-state index in [4.69, 9.17) is 4.98 Å². The summed E-state index contributed by atoms with van der Waals surface area (Å²) in [4.78, 5) is 17.6. The van der Waals surface area contributed by atoms with Crippen molar-refractivity contribution < 1.29 is 4.79 Å². The van der Waals surface area contributed by atoms with Crippen LogP contribution in [0.5, 0.6) is 0 Å². The topological polar surface area (TPSA) is 54.4 Å². The summed E-state index contributed by atoms with van der Waals surface area (Å²) in [5.74, 6) is 0.323. The number of hydrazone groups is 1. The smallest absolute Gasteiger partial charge is 0.267 e. The molecule has 1 fully saturated rings. The van der Waals surface area contributed by atoms with Crippen LogP contribution in [0.2, 0.25) is 0 Å². The third kappa shape index (κ3) is 4.05. The second kappa shape index (κ2) is 7.70. The van der Waals surface area contributed by atoms with Crippen LogP contribution >= 0.6 is 0 Å². The van der Waals surface area contributed by atoms with Crippen molar-refractivity contribution in [2.24, 2.45) is 5.10 Å². The third-order valence-electron chi connectivity index (χ3n) is 4.95. The Bertz CT molecular complexity index is 991. The van der Waals surface area contributed by atoms with E-state index in [0.29, 0.717) is 11.5 Å². The highest BCUT2D eigenvalue weighted by molar-refractivity contribution is 6.06. The van der Waals surface area contributed by atoms with Crippen LogP contribution in [0.15, 0.2) is 65.8 Å². The van der Waals surface area contributed by atoms with Crippen molar-refractivity contribution >= 4 is 22.5 Å². The standard InChI is InChI=1S/C23H23N3O/c1-2-18(14-16-8-4-3-5-9-16)25-26-23(27)20-15-22(17-12-13-17)24-21-11-7-6-10-19(20)21/h3-11,15,17H,2,12-14H2,1H3,(H,26,27). The Morgan fingerprint density at radius 2 is 1.85 bits per heavy atom. The van der Waals surface area contributed by atoms with Crippen molar-refractivity contribution in [2.45, 2.75) is 38.5 Å². The van der Waals surface area contributed by atoms with Crippen LogP contribution < -0.4 is 5.43 Å². The second-order valence-electron chi connectivity index (χ2n) is 7.02. The monoisotopic (exact) mass is 357 g/mol. The molecule has 0 unspecified atom stereocenters. The molecule has 0 saturated heterocycles. The normalized spacial score (nSPS) is 14.3. The molecule has 4 heteroatoms. The van der Waals surface area contributed by atoms with Gasteiger partial charge in [0.25, 0.3) is 5.91 Å². The van der Waals surface area contributed by atoms with Gasteiger partial charge in [-0.15, -0.1) is 0 Å². The van der Waals surface area contributed by atoms with Gasteiger partial charge in [-0.2, -0.15) is 5.10 Å². The summed E-state index contributed by atoms with van der Waals surface area (Å²) in [5.41, 5.74) is 7.46. The number of carbonyl (C=O) groups is 1. The van der Waals surface area contributed by atoms with E-state index in [1.807, 2.05) is 48.5 Å². The molecule has 2 aromatic carbocycles.